The van der Waals surface area contributed by atoms with Crippen molar-refractivity contribution in [3.8, 4) is 11.5 Å². The van der Waals surface area contributed by atoms with E-state index in [1.165, 1.54) is 6.92 Å². The number of piperidine rings is 3. The Kier molecular flexibility index (Phi) is 6.15. The quantitative estimate of drug-likeness (QED) is 0.535. The molecule has 1 unspecified atom stereocenters. The van der Waals surface area contributed by atoms with Crippen LogP contribution in [0.15, 0.2) is 53.1 Å². The number of aryl methyl sites for hydroxylation is 1. The van der Waals surface area contributed by atoms with E-state index < -0.39 is 0 Å². The maximum Gasteiger partial charge on any atom is 0.319 e. The van der Waals surface area contributed by atoms with Crippen LogP contribution in [0.2, 0.25) is 0 Å². The molecule has 8 nitrogen and oxygen atoms in total. The Balaban J connectivity index is 1.19. The van der Waals surface area contributed by atoms with Gasteiger partial charge in [0.05, 0.1) is 6.26 Å². The molecule has 2 aromatic heterocycles. The summed E-state index contributed by atoms with van der Waals surface area (Å²) in [6.07, 6.45) is 3.82. The summed E-state index contributed by atoms with van der Waals surface area (Å²) in [5, 5.41) is 5.86. The maximum absolute atomic E-state index is 12.4. The predicted molar refractivity (Wildman–Crippen MR) is 129 cm³/mol. The number of anilines is 1. The fraction of sp³-hybridized carbons (Fsp3) is 0.385. The molecular formula is C26H29N5O3. The van der Waals surface area contributed by atoms with Crippen LogP contribution in [0.25, 0.3) is 11.5 Å². The molecule has 6 rings (SSSR count). The highest BCUT2D eigenvalue weighted by molar-refractivity contribution is 5.95. The minimum absolute atomic E-state index is 0.00465. The Labute approximate surface area is 198 Å². The van der Waals surface area contributed by atoms with E-state index in [1.807, 2.05) is 19.1 Å². The molecule has 4 atom stereocenters. The van der Waals surface area contributed by atoms with Gasteiger partial charge in [-0.3, -0.25) is 9.69 Å². The Morgan fingerprint density at radius 3 is 2.68 bits per heavy atom. The van der Waals surface area contributed by atoms with Gasteiger partial charge in [-0.15, -0.1) is 0 Å². The topological polar surface area (TPSA) is 100 Å². The molecule has 0 radical (unpaired) electrons. The van der Waals surface area contributed by atoms with E-state index >= 15 is 0 Å². The Morgan fingerprint density at radius 2 is 2.00 bits per heavy atom. The highest BCUT2D eigenvalue weighted by atomic mass is 16.3. The van der Waals surface area contributed by atoms with Crippen LogP contribution in [0.4, 0.5) is 10.5 Å². The number of benzene rings is 1. The number of carbonyl (C=O) groups excluding carboxylic acids is 2. The standard InChI is InChI=1S/C26H29N5O3/c1-16(32)18-5-7-20(8-6-18)30-26(33)27-14-21-12-19-9-10-31(21)15-22(19)23-13-24(29-17(2)28-23)25-4-3-11-34-25/h3-8,11,13,19,21-22H,9-10,12,14-15H2,1-2H3,(H2,27,30,33)/t19-,21+,22+/m0/s1. The molecule has 1 aromatic carbocycles. The van der Waals surface area contributed by atoms with Gasteiger partial charge in [-0.25, -0.2) is 14.8 Å². The zero-order valence-electron chi connectivity index (χ0n) is 19.5. The van der Waals surface area contributed by atoms with Crippen molar-refractivity contribution in [1.29, 1.82) is 0 Å². The average molecular weight is 460 g/mol. The molecule has 3 aromatic rings. The fourth-order valence-electron chi connectivity index (χ4n) is 5.19. The molecule has 0 spiro atoms. The van der Waals surface area contributed by atoms with E-state index in [9.17, 15) is 9.59 Å². The molecule has 8 heteroatoms. The van der Waals surface area contributed by atoms with Gasteiger partial charge in [0.1, 0.15) is 11.5 Å². The van der Waals surface area contributed by atoms with Gasteiger partial charge in [-0.05, 0) is 81.6 Å². The first-order valence-corrected chi connectivity index (χ1v) is 11.8. The van der Waals surface area contributed by atoms with Crippen molar-refractivity contribution >= 4 is 17.5 Å². The number of fused-ring (bicyclic) bond motifs is 3. The van der Waals surface area contributed by atoms with Gasteiger partial charge < -0.3 is 15.1 Å². The Morgan fingerprint density at radius 1 is 1.18 bits per heavy atom. The van der Waals surface area contributed by atoms with E-state index in [4.69, 9.17) is 9.40 Å². The van der Waals surface area contributed by atoms with Crippen LogP contribution < -0.4 is 10.6 Å². The number of hydrogen-bond donors (Lipinski definition) is 2. The second kappa shape index (κ2) is 9.38. The maximum atomic E-state index is 12.4. The predicted octanol–water partition coefficient (Wildman–Crippen LogP) is 4.25. The number of hydrogen-bond acceptors (Lipinski definition) is 6. The fourth-order valence-corrected chi connectivity index (χ4v) is 5.19. The zero-order chi connectivity index (χ0) is 23.7. The lowest BCUT2D eigenvalue weighted by Crippen LogP contribution is -2.56. The first-order valence-electron chi connectivity index (χ1n) is 11.8. The lowest BCUT2D eigenvalue weighted by atomic mass is 9.74. The van der Waals surface area contributed by atoms with Gasteiger partial charge in [0.15, 0.2) is 11.5 Å². The van der Waals surface area contributed by atoms with Crippen molar-refractivity contribution in [2.45, 2.75) is 38.6 Å². The summed E-state index contributed by atoms with van der Waals surface area (Å²) in [6, 6.07) is 12.9. The van der Waals surface area contributed by atoms with Crippen LogP contribution in [0, 0.1) is 12.8 Å². The number of ketones is 1. The second-order valence-corrected chi connectivity index (χ2v) is 9.21. The Hall–Kier alpha value is -3.52. The monoisotopic (exact) mass is 459 g/mol. The van der Waals surface area contributed by atoms with E-state index in [0.717, 1.165) is 48.9 Å². The molecule has 0 saturated carbocycles. The lowest BCUT2D eigenvalue weighted by molar-refractivity contribution is 0.0307. The third-order valence-electron chi connectivity index (χ3n) is 6.94. The van der Waals surface area contributed by atoms with Gasteiger partial charge in [0.25, 0.3) is 0 Å². The van der Waals surface area contributed by atoms with Crippen LogP contribution in [0.5, 0.6) is 0 Å². The van der Waals surface area contributed by atoms with E-state index in [-0.39, 0.29) is 11.8 Å². The molecule has 34 heavy (non-hydrogen) atoms. The molecule has 3 aliphatic rings. The van der Waals surface area contributed by atoms with Crippen molar-refractivity contribution in [2.24, 2.45) is 5.92 Å². The summed E-state index contributed by atoms with van der Waals surface area (Å²) in [5.74, 6) is 2.40. The summed E-state index contributed by atoms with van der Waals surface area (Å²) < 4.78 is 5.55. The van der Waals surface area contributed by atoms with Crippen LogP contribution in [-0.2, 0) is 0 Å². The molecule has 3 aliphatic heterocycles. The summed E-state index contributed by atoms with van der Waals surface area (Å²) in [4.78, 5) is 35.6. The number of rotatable bonds is 6. The number of Topliss-reactive ketones (excluding diaryl/α,β-unsaturated/α-hetero) is 1. The Bertz CT molecular complexity index is 1180. The number of furan rings is 1. The average Bonchev–Trinajstić information content (AvgIpc) is 3.38. The smallest absolute Gasteiger partial charge is 0.319 e. The van der Waals surface area contributed by atoms with Gasteiger partial charge in [0.2, 0.25) is 0 Å². The molecule has 3 fully saturated rings. The molecule has 176 valence electrons. The van der Waals surface area contributed by atoms with Gasteiger partial charge in [0, 0.05) is 42.0 Å². The van der Waals surface area contributed by atoms with Crippen LogP contribution in [-0.4, -0.2) is 52.4 Å². The van der Waals surface area contributed by atoms with Gasteiger partial charge >= 0.3 is 6.03 Å². The largest absolute Gasteiger partial charge is 0.463 e. The number of amides is 2. The molecule has 5 heterocycles. The van der Waals surface area contributed by atoms with Crippen molar-refractivity contribution < 1.29 is 14.0 Å². The molecule has 0 aliphatic carbocycles. The number of carbonyl (C=O) groups is 2. The molecule has 3 saturated heterocycles. The van der Waals surface area contributed by atoms with Crippen molar-refractivity contribution in [3.63, 3.8) is 0 Å². The summed E-state index contributed by atoms with van der Waals surface area (Å²) in [6.45, 7) is 6.02. The number of aromatic nitrogens is 2. The van der Waals surface area contributed by atoms with Crippen LogP contribution in [0.3, 0.4) is 0 Å². The van der Waals surface area contributed by atoms with Crippen molar-refractivity contribution in [1.82, 2.24) is 20.2 Å². The summed E-state index contributed by atoms with van der Waals surface area (Å²) in [5.41, 5.74) is 3.20. The minimum atomic E-state index is -0.232. The van der Waals surface area contributed by atoms with Gasteiger partial charge in [-0.2, -0.15) is 0 Å². The van der Waals surface area contributed by atoms with E-state index in [0.29, 0.717) is 35.7 Å². The number of nitrogens with one attached hydrogen (secondary N) is 2. The lowest BCUT2D eigenvalue weighted by Gasteiger charge is -2.49. The van der Waals surface area contributed by atoms with Crippen LogP contribution >= 0.6 is 0 Å². The highest BCUT2D eigenvalue weighted by Crippen LogP contribution is 2.41. The minimum Gasteiger partial charge on any atom is -0.463 e. The summed E-state index contributed by atoms with van der Waals surface area (Å²) >= 11 is 0. The third-order valence-corrected chi connectivity index (χ3v) is 6.94. The van der Waals surface area contributed by atoms with Crippen molar-refractivity contribution in [2.75, 3.05) is 25.0 Å². The third kappa shape index (κ3) is 4.72. The van der Waals surface area contributed by atoms with E-state index in [2.05, 4.69) is 26.6 Å². The first kappa shape index (κ1) is 22.3. The van der Waals surface area contributed by atoms with E-state index in [1.54, 1.807) is 30.5 Å². The zero-order valence-corrected chi connectivity index (χ0v) is 19.5. The van der Waals surface area contributed by atoms with Gasteiger partial charge in [-0.1, -0.05) is 0 Å². The molecular weight excluding hydrogens is 430 g/mol. The summed E-state index contributed by atoms with van der Waals surface area (Å²) in [7, 11) is 0. The highest BCUT2D eigenvalue weighted by Gasteiger charge is 2.41. The number of nitrogens with zero attached hydrogens (tertiary/aromatic N) is 3. The second-order valence-electron chi connectivity index (χ2n) is 9.21. The number of urea groups is 1. The first-order chi connectivity index (χ1) is 16.5. The van der Waals surface area contributed by atoms with Crippen molar-refractivity contribution in [3.05, 3.63) is 65.8 Å². The SMILES string of the molecule is CC(=O)c1ccc(NC(=O)NC[C@H]2C[C@@H]3CCN2C[C@H]3c2cc(-c3ccco3)nc(C)n2)cc1. The molecule has 2 amide bonds. The molecule has 2 bridgehead atoms. The van der Waals surface area contributed by atoms with Crippen LogP contribution in [0.1, 0.15) is 47.6 Å². The molecule has 2 N–H and O–H groups in total. The normalized spacial score (nSPS) is 23.5.